The summed E-state index contributed by atoms with van der Waals surface area (Å²) < 4.78 is 7.65. The van der Waals surface area contributed by atoms with Gasteiger partial charge < -0.3 is 15.0 Å². The van der Waals surface area contributed by atoms with Gasteiger partial charge in [0.05, 0.1) is 17.8 Å². The Hall–Kier alpha value is -1.47. The third-order valence-electron chi connectivity index (χ3n) is 4.88. The summed E-state index contributed by atoms with van der Waals surface area (Å²) in [5.74, 6) is -0.0585. The third-order valence-corrected chi connectivity index (χ3v) is 4.88. The Morgan fingerprint density at radius 2 is 2.13 bits per heavy atom. The van der Waals surface area contributed by atoms with E-state index in [0.29, 0.717) is 18.3 Å². The molecule has 3 heterocycles. The van der Waals surface area contributed by atoms with Crippen molar-refractivity contribution in [3.05, 3.63) is 11.4 Å². The number of carbonyl (C=O) groups excluding carboxylic acids is 1. The first-order valence-electron chi connectivity index (χ1n) is 8.66. The summed E-state index contributed by atoms with van der Waals surface area (Å²) in [6, 6.07) is 0.345. The average Bonchev–Trinajstić information content (AvgIpc) is 2.97. The smallest absolute Gasteiger partial charge is 0.276 e. The van der Waals surface area contributed by atoms with Crippen LogP contribution in [0.3, 0.4) is 0 Å². The number of hydrogen-bond acceptors (Lipinski definition) is 5. The molecule has 0 spiro atoms. The van der Waals surface area contributed by atoms with E-state index in [0.717, 1.165) is 51.1 Å². The summed E-state index contributed by atoms with van der Waals surface area (Å²) in [7, 11) is 1.82. The quantitative estimate of drug-likeness (QED) is 0.901. The maximum absolute atomic E-state index is 12.7. The molecule has 1 aromatic heterocycles. The number of rotatable bonds is 4. The molecule has 0 aromatic carbocycles. The van der Waals surface area contributed by atoms with Crippen LogP contribution in [0.25, 0.3) is 0 Å². The monoisotopic (exact) mass is 321 g/mol. The van der Waals surface area contributed by atoms with Gasteiger partial charge in [-0.3, -0.25) is 4.79 Å². The average molecular weight is 321 g/mol. The van der Waals surface area contributed by atoms with E-state index in [1.807, 2.05) is 18.7 Å². The summed E-state index contributed by atoms with van der Waals surface area (Å²) in [4.78, 5) is 14.4. The van der Waals surface area contributed by atoms with Crippen LogP contribution >= 0.6 is 0 Å². The van der Waals surface area contributed by atoms with Crippen molar-refractivity contribution in [1.82, 2.24) is 25.2 Å². The van der Waals surface area contributed by atoms with E-state index in [2.05, 4.69) is 15.6 Å². The fourth-order valence-corrected chi connectivity index (χ4v) is 3.46. The first kappa shape index (κ1) is 16.4. The molecule has 1 N–H and O–H groups in total. The zero-order valence-corrected chi connectivity index (χ0v) is 14.1. The second-order valence-corrected chi connectivity index (χ2v) is 6.62. The number of likely N-dealkylation sites (N-methyl/N-ethyl adjacent to an activating group) is 1. The molecule has 2 fully saturated rings. The van der Waals surface area contributed by atoms with Gasteiger partial charge in [0.2, 0.25) is 0 Å². The number of piperidine rings is 1. The van der Waals surface area contributed by atoms with Crippen LogP contribution in [0.4, 0.5) is 0 Å². The van der Waals surface area contributed by atoms with E-state index >= 15 is 0 Å². The van der Waals surface area contributed by atoms with Crippen molar-refractivity contribution in [2.75, 3.05) is 33.3 Å². The molecule has 2 saturated heterocycles. The van der Waals surface area contributed by atoms with Gasteiger partial charge in [-0.2, -0.15) is 0 Å². The summed E-state index contributed by atoms with van der Waals surface area (Å²) in [6.45, 7) is 5.36. The van der Waals surface area contributed by atoms with Crippen LogP contribution in [0.15, 0.2) is 0 Å². The van der Waals surface area contributed by atoms with E-state index in [1.54, 1.807) is 4.90 Å². The molecule has 0 radical (unpaired) electrons. The Morgan fingerprint density at radius 3 is 2.83 bits per heavy atom. The van der Waals surface area contributed by atoms with Crippen molar-refractivity contribution in [3.8, 4) is 0 Å². The molecule has 3 rings (SSSR count). The molecule has 0 aliphatic carbocycles. The number of aromatic nitrogens is 3. The zero-order valence-electron chi connectivity index (χ0n) is 14.1. The Labute approximate surface area is 137 Å². The number of amides is 1. The molecule has 7 heteroatoms. The van der Waals surface area contributed by atoms with Gasteiger partial charge in [0.15, 0.2) is 5.69 Å². The van der Waals surface area contributed by atoms with E-state index in [-0.39, 0.29) is 12.0 Å². The van der Waals surface area contributed by atoms with Crippen LogP contribution in [0.1, 0.15) is 54.3 Å². The maximum Gasteiger partial charge on any atom is 0.276 e. The van der Waals surface area contributed by atoms with Crippen molar-refractivity contribution in [2.45, 2.75) is 51.2 Å². The van der Waals surface area contributed by atoms with Crippen LogP contribution in [0, 0.1) is 6.92 Å². The Kier molecular flexibility index (Phi) is 5.27. The van der Waals surface area contributed by atoms with Gasteiger partial charge in [0, 0.05) is 20.2 Å². The summed E-state index contributed by atoms with van der Waals surface area (Å²) >= 11 is 0. The lowest BCUT2D eigenvalue weighted by molar-refractivity contribution is -0.000310. The molecule has 1 aromatic rings. The molecular weight excluding hydrogens is 294 g/mol. The second-order valence-electron chi connectivity index (χ2n) is 6.62. The van der Waals surface area contributed by atoms with Gasteiger partial charge >= 0.3 is 0 Å². The molecule has 0 unspecified atom stereocenters. The molecule has 0 bridgehead atoms. The SMILES string of the molecule is Cc1c(C(=O)N(C)C[C@H]2CCCCO2)nnn1C1CCNCC1. The Morgan fingerprint density at radius 1 is 1.35 bits per heavy atom. The minimum absolute atomic E-state index is 0.0585. The largest absolute Gasteiger partial charge is 0.376 e. The van der Waals surface area contributed by atoms with E-state index in [1.165, 1.54) is 6.42 Å². The zero-order chi connectivity index (χ0) is 16.2. The third kappa shape index (κ3) is 3.72. The highest BCUT2D eigenvalue weighted by Crippen LogP contribution is 2.21. The fraction of sp³-hybridized carbons (Fsp3) is 0.812. The maximum atomic E-state index is 12.7. The highest BCUT2D eigenvalue weighted by molar-refractivity contribution is 5.93. The normalized spacial score (nSPS) is 23.0. The van der Waals surface area contributed by atoms with Crippen LogP contribution in [0.5, 0.6) is 0 Å². The van der Waals surface area contributed by atoms with Crippen molar-refractivity contribution in [2.24, 2.45) is 0 Å². The molecule has 2 aliphatic heterocycles. The lowest BCUT2D eigenvalue weighted by atomic mass is 10.1. The topological polar surface area (TPSA) is 72.3 Å². The second kappa shape index (κ2) is 7.40. The Balaban J connectivity index is 1.65. The van der Waals surface area contributed by atoms with Crippen LogP contribution in [-0.4, -0.2) is 65.2 Å². The summed E-state index contributed by atoms with van der Waals surface area (Å²) in [5.41, 5.74) is 1.35. The summed E-state index contributed by atoms with van der Waals surface area (Å²) in [6.07, 6.45) is 5.54. The van der Waals surface area contributed by atoms with Gasteiger partial charge in [0.25, 0.3) is 5.91 Å². The number of carbonyl (C=O) groups is 1. The lowest BCUT2D eigenvalue weighted by Gasteiger charge is -2.27. The fourth-order valence-electron chi connectivity index (χ4n) is 3.46. The number of nitrogens with zero attached hydrogens (tertiary/aromatic N) is 4. The Bertz CT molecular complexity index is 533. The molecule has 128 valence electrons. The molecule has 2 aliphatic rings. The minimum atomic E-state index is -0.0585. The van der Waals surface area contributed by atoms with Gasteiger partial charge in [0.1, 0.15) is 0 Å². The van der Waals surface area contributed by atoms with E-state index < -0.39 is 0 Å². The molecule has 0 saturated carbocycles. The first-order valence-corrected chi connectivity index (χ1v) is 8.66. The highest BCUT2D eigenvalue weighted by atomic mass is 16.5. The highest BCUT2D eigenvalue weighted by Gasteiger charge is 2.26. The predicted octanol–water partition coefficient (Wildman–Crippen LogP) is 1.15. The van der Waals surface area contributed by atoms with Crippen LogP contribution in [-0.2, 0) is 4.74 Å². The van der Waals surface area contributed by atoms with Crippen molar-refractivity contribution < 1.29 is 9.53 Å². The van der Waals surface area contributed by atoms with Gasteiger partial charge in [-0.15, -0.1) is 5.10 Å². The van der Waals surface area contributed by atoms with Crippen LogP contribution in [0.2, 0.25) is 0 Å². The van der Waals surface area contributed by atoms with E-state index in [9.17, 15) is 4.79 Å². The number of ether oxygens (including phenoxy) is 1. The molecule has 7 nitrogen and oxygen atoms in total. The predicted molar refractivity (Wildman–Crippen MR) is 86.5 cm³/mol. The molecular formula is C16H27N5O2. The molecule has 1 amide bonds. The first-order chi connectivity index (χ1) is 11.2. The summed E-state index contributed by atoms with van der Waals surface area (Å²) in [5, 5.41) is 11.8. The van der Waals surface area contributed by atoms with Gasteiger partial charge in [-0.05, 0) is 52.1 Å². The van der Waals surface area contributed by atoms with Crippen molar-refractivity contribution >= 4 is 5.91 Å². The molecule has 23 heavy (non-hydrogen) atoms. The van der Waals surface area contributed by atoms with Crippen molar-refractivity contribution in [3.63, 3.8) is 0 Å². The van der Waals surface area contributed by atoms with E-state index in [4.69, 9.17) is 4.74 Å². The van der Waals surface area contributed by atoms with Gasteiger partial charge in [-0.1, -0.05) is 5.21 Å². The molecule has 1 atom stereocenters. The number of hydrogen-bond donors (Lipinski definition) is 1. The standard InChI is InChI=1S/C16H27N5O2/c1-12-15(18-19-21(12)13-6-8-17-9-7-13)16(22)20(2)11-14-5-3-4-10-23-14/h13-14,17H,3-11H2,1-2H3/t14-/m1/s1. The lowest BCUT2D eigenvalue weighted by Crippen LogP contribution is -2.37. The number of nitrogens with one attached hydrogen (secondary N) is 1. The van der Waals surface area contributed by atoms with Crippen molar-refractivity contribution in [1.29, 1.82) is 0 Å². The van der Waals surface area contributed by atoms with Crippen LogP contribution < -0.4 is 5.32 Å². The van der Waals surface area contributed by atoms with Gasteiger partial charge in [-0.25, -0.2) is 4.68 Å². The minimum Gasteiger partial charge on any atom is -0.376 e.